The Morgan fingerprint density at radius 2 is 1.85 bits per heavy atom. The molecular formula is C26H24ClN3O4. The first-order valence-corrected chi connectivity index (χ1v) is 11.2. The van der Waals surface area contributed by atoms with Gasteiger partial charge in [0.1, 0.15) is 18.1 Å². The predicted molar refractivity (Wildman–Crippen MR) is 129 cm³/mol. The summed E-state index contributed by atoms with van der Waals surface area (Å²) in [5.41, 5.74) is 1.16. The number of hydrogen-bond acceptors (Lipinski definition) is 5. The average Bonchev–Trinajstić information content (AvgIpc) is 3.45. The van der Waals surface area contributed by atoms with E-state index in [1.165, 1.54) is 4.90 Å². The van der Waals surface area contributed by atoms with Crippen LogP contribution in [-0.2, 0) is 16.1 Å². The maximum atomic E-state index is 13.1. The van der Waals surface area contributed by atoms with Gasteiger partial charge < -0.3 is 19.3 Å². The molecule has 8 heteroatoms. The maximum absolute atomic E-state index is 13.1. The van der Waals surface area contributed by atoms with Crippen molar-refractivity contribution in [2.75, 3.05) is 13.2 Å². The lowest BCUT2D eigenvalue weighted by Gasteiger charge is -2.25. The standard InChI is InChI=1S/C26H24ClN3O4/c1-2-16-34-21-10-6-18(7-11-21)23-22(24(31)19-4-8-20(27)9-5-19)25(32)26(33)30(23)14-3-13-29-15-12-28-17-29/h2,4-12,15,17,23,31H,1,3,13-14,16H2/t23-/m1/s1. The number of ketones is 1. The number of rotatable bonds is 9. The second-order valence-corrected chi connectivity index (χ2v) is 8.26. The van der Waals surface area contributed by atoms with E-state index >= 15 is 0 Å². The first-order chi connectivity index (χ1) is 16.5. The third kappa shape index (κ3) is 4.89. The van der Waals surface area contributed by atoms with E-state index in [0.29, 0.717) is 48.0 Å². The number of Topliss-reactive ketones (excluding diaryl/α,β-unsaturated/α-hetero) is 1. The van der Waals surface area contributed by atoms with Gasteiger partial charge >= 0.3 is 0 Å². The lowest BCUT2D eigenvalue weighted by Crippen LogP contribution is -2.31. The Balaban J connectivity index is 1.70. The summed E-state index contributed by atoms with van der Waals surface area (Å²) < 4.78 is 7.46. The smallest absolute Gasteiger partial charge is 0.295 e. The Labute approximate surface area is 202 Å². The van der Waals surface area contributed by atoms with Crippen LogP contribution in [0.3, 0.4) is 0 Å². The molecule has 0 spiro atoms. The number of hydrogen-bond donors (Lipinski definition) is 1. The molecule has 1 atom stereocenters. The predicted octanol–water partition coefficient (Wildman–Crippen LogP) is 4.61. The number of aryl methyl sites for hydroxylation is 1. The van der Waals surface area contributed by atoms with Gasteiger partial charge in [-0.3, -0.25) is 9.59 Å². The average molecular weight is 478 g/mol. The largest absolute Gasteiger partial charge is 0.507 e. The van der Waals surface area contributed by atoms with Crippen molar-refractivity contribution in [2.45, 2.75) is 19.0 Å². The number of aromatic nitrogens is 2. The van der Waals surface area contributed by atoms with Crippen LogP contribution in [0, 0.1) is 0 Å². The molecule has 174 valence electrons. The first-order valence-electron chi connectivity index (χ1n) is 10.8. The van der Waals surface area contributed by atoms with Crippen LogP contribution >= 0.6 is 11.6 Å². The maximum Gasteiger partial charge on any atom is 0.295 e. The molecule has 2 aromatic carbocycles. The van der Waals surface area contributed by atoms with E-state index in [1.807, 2.05) is 10.8 Å². The Kier molecular flexibility index (Phi) is 7.13. The van der Waals surface area contributed by atoms with Gasteiger partial charge in [-0.1, -0.05) is 36.4 Å². The molecule has 1 aliphatic rings. The number of benzene rings is 2. The quantitative estimate of drug-likeness (QED) is 0.210. The molecule has 34 heavy (non-hydrogen) atoms. The number of carbonyl (C=O) groups is 2. The number of amides is 1. The molecule has 1 N–H and O–H groups in total. The zero-order valence-corrected chi connectivity index (χ0v) is 19.2. The van der Waals surface area contributed by atoms with Crippen molar-refractivity contribution in [1.82, 2.24) is 14.5 Å². The Morgan fingerprint density at radius 1 is 1.12 bits per heavy atom. The molecule has 1 aliphatic heterocycles. The highest BCUT2D eigenvalue weighted by Gasteiger charge is 2.45. The zero-order chi connectivity index (χ0) is 24.1. The Morgan fingerprint density at radius 3 is 2.50 bits per heavy atom. The van der Waals surface area contributed by atoms with Gasteiger partial charge in [0.15, 0.2) is 0 Å². The highest BCUT2D eigenvalue weighted by atomic mass is 35.5. The fourth-order valence-electron chi connectivity index (χ4n) is 3.96. The molecule has 1 saturated heterocycles. The second-order valence-electron chi connectivity index (χ2n) is 7.82. The summed E-state index contributed by atoms with van der Waals surface area (Å²) >= 11 is 5.97. The number of ether oxygens (including phenoxy) is 1. The number of nitrogens with zero attached hydrogens (tertiary/aromatic N) is 3. The van der Waals surface area contributed by atoms with Gasteiger partial charge in [0, 0.05) is 36.1 Å². The number of carbonyl (C=O) groups excluding carboxylic acids is 2. The third-order valence-electron chi connectivity index (χ3n) is 5.60. The molecule has 0 unspecified atom stereocenters. The highest BCUT2D eigenvalue weighted by molar-refractivity contribution is 6.46. The summed E-state index contributed by atoms with van der Waals surface area (Å²) in [4.78, 5) is 31.7. The molecular weight excluding hydrogens is 454 g/mol. The number of likely N-dealkylation sites (tertiary alicyclic amines) is 1. The van der Waals surface area contributed by atoms with Crippen LogP contribution in [0.5, 0.6) is 5.75 Å². The van der Waals surface area contributed by atoms with Crippen LogP contribution in [0.1, 0.15) is 23.6 Å². The second kappa shape index (κ2) is 10.4. The van der Waals surface area contributed by atoms with Crippen LogP contribution in [-0.4, -0.2) is 44.4 Å². The van der Waals surface area contributed by atoms with Crippen molar-refractivity contribution < 1.29 is 19.4 Å². The van der Waals surface area contributed by atoms with Crippen LogP contribution in [0.2, 0.25) is 5.02 Å². The molecule has 2 heterocycles. The minimum Gasteiger partial charge on any atom is -0.507 e. The van der Waals surface area contributed by atoms with Gasteiger partial charge in [-0.2, -0.15) is 0 Å². The molecule has 0 radical (unpaired) electrons. The molecule has 0 bridgehead atoms. The summed E-state index contributed by atoms with van der Waals surface area (Å²) in [5.74, 6) is -0.951. The summed E-state index contributed by atoms with van der Waals surface area (Å²) in [6, 6.07) is 12.9. The van der Waals surface area contributed by atoms with E-state index in [9.17, 15) is 14.7 Å². The van der Waals surface area contributed by atoms with Crippen molar-refractivity contribution in [3.8, 4) is 5.75 Å². The minimum atomic E-state index is -0.730. The first kappa shape index (κ1) is 23.3. The number of aliphatic hydroxyl groups is 1. The van der Waals surface area contributed by atoms with E-state index in [2.05, 4.69) is 11.6 Å². The Bertz CT molecular complexity index is 1200. The van der Waals surface area contributed by atoms with Gasteiger partial charge in [0.05, 0.1) is 17.9 Å². The van der Waals surface area contributed by atoms with Crippen molar-refractivity contribution in [2.24, 2.45) is 0 Å². The molecule has 4 rings (SSSR count). The van der Waals surface area contributed by atoms with Gasteiger partial charge in [0.25, 0.3) is 11.7 Å². The fraction of sp³-hybridized carbons (Fsp3) is 0.192. The Hall–Kier alpha value is -3.84. The molecule has 1 fully saturated rings. The van der Waals surface area contributed by atoms with Crippen molar-refractivity contribution in [1.29, 1.82) is 0 Å². The van der Waals surface area contributed by atoms with Crippen LogP contribution in [0.4, 0.5) is 0 Å². The lowest BCUT2D eigenvalue weighted by molar-refractivity contribution is -0.139. The monoisotopic (exact) mass is 477 g/mol. The zero-order valence-electron chi connectivity index (χ0n) is 18.4. The van der Waals surface area contributed by atoms with Gasteiger partial charge in [-0.15, -0.1) is 0 Å². The van der Waals surface area contributed by atoms with Crippen LogP contribution in [0.15, 0.2) is 85.5 Å². The fourth-order valence-corrected chi connectivity index (χ4v) is 4.09. The molecule has 3 aromatic rings. The van der Waals surface area contributed by atoms with Gasteiger partial charge in [-0.25, -0.2) is 4.98 Å². The van der Waals surface area contributed by atoms with E-state index in [1.54, 1.807) is 67.1 Å². The number of imidazole rings is 1. The SMILES string of the molecule is C=CCOc1ccc([C@@H]2C(=C(O)c3ccc(Cl)cc3)C(=O)C(=O)N2CCCn2ccnc2)cc1. The normalized spacial score (nSPS) is 17.2. The molecule has 0 aliphatic carbocycles. The molecule has 1 amide bonds. The minimum absolute atomic E-state index is 0.0507. The van der Waals surface area contributed by atoms with E-state index < -0.39 is 17.7 Å². The highest BCUT2D eigenvalue weighted by Crippen LogP contribution is 2.40. The number of halogens is 1. The van der Waals surface area contributed by atoms with E-state index in [-0.39, 0.29) is 11.3 Å². The summed E-state index contributed by atoms with van der Waals surface area (Å²) in [6.07, 6.45) is 7.49. The van der Waals surface area contributed by atoms with E-state index in [4.69, 9.17) is 16.3 Å². The molecule has 7 nitrogen and oxygen atoms in total. The topological polar surface area (TPSA) is 84.7 Å². The molecule has 0 saturated carbocycles. The summed E-state index contributed by atoms with van der Waals surface area (Å²) in [5, 5.41) is 11.6. The van der Waals surface area contributed by atoms with Crippen LogP contribution in [0.25, 0.3) is 5.76 Å². The van der Waals surface area contributed by atoms with Crippen molar-refractivity contribution in [3.05, 3.63) is 102 Å². The van der Waals surface area contributed by atoms with Crippen LogP contribution < -0.4 is 4.74 Å². The summed E-state index contributed by atoms with van der Waals surface area (Å²) in [7, 11) is 0. The molecule has 1 aromatic heterocycles. The van der Waals surface area contributed by atoms with Crippen molar-refractivity contribution in [3.63, 3.8) is 0 Å². The van der Waals surface area contributed by atoms with E-state index in [0.717, 1.165) is 0 Å². The lowest BCUT2D eigenvalue weighted by atomic mass is 9.95. The third-order valence-corrected chi connectivity index (χ3v) is 5.85. The van der Waals surface area contributed by atoms with Crippen molar-refractivity contribution >= 4 is 29.1 Å². The van der Waals surface area contributed by atoms with Gasteiger partial charge in [0.2, 0.25) is 0 Å². The van der Waals surface area contributed by atoms with Gasteiger partial charge in [-0.05, 0) is 48.4 Å². The summed E-state index contributed by atoms with van der Waals surface area (Å²) in [6.45, 7) is 4.98. The number of aliphatic hydroxyl groups excluding tert-OH is 1.